The Morgan fingerprint density at radius 1 is 0.913 bits per heavy atom. The second-order valence-electron chi connectivity index (χ2n) is 5.55. The molecule has 0 aliphatic carbocycles. The van der Waals surface area contributed by atoms with Crippen molar-refractivity contribution in [2.75, 3.05) is 19.4 Å². The fourth-order valence-electron chi connectivity index (χ4n) is 2.22. The fraction of sp³-hybridized carbons (Fsp3) is 0.333. The highest BCUT2D eigenvalue weighted by Crippen LogP contribution is 2.11. The van der Waals surface area contributed by atoms with Crippen LogP contribution < -0.4 is 9.46 Å². The molecule has 2 rings (SSSR count). The number of nitrogens with one attached hydrogen (secondary N) is 1. The van der Waals surface area contributed by atoms with Gasteiger partial charge in [0.05, 0.1) is 12.9 Å². The maximum absolute atomic E-state index is 12.0. The zero-order valence-corrected chi connectivity index (χ0v) is 14.4. The Balaban J connectivity index is 1.77. The maximum atomic E-state index is 12.0. The lowest BCUT2D eigenvalue weighted by Crippen LogP contribution is -2.29. The molecular weight excluding hydrogens is 310 g/mol. The minimum atomic E-state index is -3.25. The van der Waals surface area contributed by atoms with Gasteiger partial charge in [0, 0.05) is 6.54 Å². The summed E-state index contributed by atoms with van der Waals surface area (Å²) in [6, 6.07) is 15.6. The predicted octanol–water partition coefficient (Wildman–Crippen LogP) is 2.71. The standard InChI is InChI=1S/C18H23NO3S/c1-15-3-5-17(6-4-15)12-14-23(20,21)19-13-11-16-7-9-18(22-2)10-8-16/h3-10,19H,11-14H2,1-2H3. The highest BCUT2D eigenvalue weighted by molar-refractivity contribution is 7.89. The molecule has 0 heterocycles. The number of hydrogen-bond donors (Lipinski definition) is 1. The molecule has 0 amide bonds. The molecule has 0 aromatic heterocycles. The Morgan fingerprint density at radius 2 is 1.48 bits per heavy atom. The van der Waals surface area contributed by atoms with Crippen molar-refractivity contribution in [1.82, 2.24) is 4.72 Å². The van der Waals surface area contributed by atoms with Gasteiger partial charge in [-0.2, -0.15) is 0 Å². The molecule has 0 atom stereocenters. The number of hydrogen-bond acceptors (Lipinski definition) is 3. The zero-order valence-electron chi connectivity index (χ0n) is 13.6. The van der Waals surface area contributed by atoms with Crippen molar-refractivity contribution in [1.29, 1.82) is 0 Å². The third-order valence-corrected chi connectivity index (χ3v) is 5.06. The van der Waals surface area contributed by atoms with Crippen molar-refractivity contribution in [3.05, 3.63) is 65.2 Å². The molecule has 0 aliphatic rings. The van der Waals surface area contributed by atoms with Gasteiger partial charge in [-0.1, -0.05) is 42.0 Å². The van der Waals surface area contributed by atoms with E-state index in [1.54, 1.807) is 7.11 Å². The van der Waals surface area contributed by atoms with E-state index in [1.807, 2.05) is 55.5 Å². The molecule has 23 heavy (non-hydrogen) atoms. The Labute approximate surface area is 138 Å². The van der Waals surface area contributed by atoms with E-state index in [4.69, 9.17) is 4.74 Å². The van der Waals surface area contributed by atoms with Gasteiger partial charge in [0.2, 0.25) is 10.0 Å². The quantitative estimate of drug-likeness (QED) is 0.808. The van der Waals surface area contributed by atoms with Crippen molar-refractivity contribution < 1.29 is 13.2 Å². The molecule has 0 saturated heterocycles. The molecule has 4 nitrogen and oxygen atoms in total. The minimum absolute atomic E-state index is 0.110. The van der Waals surface area contributed by atoms with Crippen LogP contribution in [0.3, 0.4) is 0 Å². The molecule has 2 aromatic carbocycles. The van der Waals surface area contributed by atoms with Crippen LogP contribution in [0.4, 0.5) is 0 Å². The normalized spacial score (nSPS) is 11.4. The van der Waals surface area contributed by atoms with Crippen molar-refractivity contribution in [2.45, 2.75) is 19.8 Å². The summed E-state index contributed by atoms with van der Waals surface area (Å²) in [6.07, 6.45) is 1.19. The third kappa shape index (κ3) is 6.04. The average Bonchev–Trinajstić information content (AvgIpc) is 2.55. The van der Waals surface area contributed by atoms with E-state index in [2.05, 4.69) is 4.72 Å². The van der Waals surface area contributed by atoms with Crippen molar-refractivity contribution in [3.63, 3.8) is 0 Å². The number of benzene rings is 2. The number of aryl methyl sites for hydroxylation is 2. The summed E-state index contributed by atoms with van der Waals surface area (Å²) in [7, 11) is -1.63. The molecular formula is C18H23NO3S. The topological polar surface area (TPSA) is 55.4 Å². The lowest BCUT2D eigenvalue weighted by Gasteiger charge is -2.08. The second kappa shape index (κ2) is 8.13. The number of ether oxygens (including phenoxy) is 1. The lowest BCUT2D eigenvalue weighted by molar-refractivity contribution is 0.414. The number of rotatable bonds is 8. The largest absolute Gasteiger partial charge is 0.497 e. The first kappa shape index (κ1) is 17.5. The average molecular weight is 333 g/mol. The van der Waals surface area contributed by atoms with Crippen molar-refractivity contribution in [2.24, 2.45) is 0 Å². The molecule has 0 radical (unpaired) electrons. The molecule has 0 fully saturated rings. The molecule has 0 saturated carbocycles. The van der Waals surface area contributed by atoms with Gasteiger partial charge in [0.15, 0.2) is 0 Å². The van der Waals surface area contributed by atoms with Crippen LogP contribution in [0.1, 0.15) is 16.7 Å². The third-order valence-electron chi connectivity index (χ3n) is 3.67. The number of methoxy groups -OCH3 is 1. The summed E-state index contributed by atoms with van der Waals surface area (Å²) >= 11 is 0. The molecule has 0 aliphatic heterocycles. The first-order valence-electron chi connectivity index (χ1n) is 7.64. The molecule has 0 spiro atoms. The van der Waals surface area contributed by atoms with Gasteiger partial charge >= 0.3 is 0 Å². The smallest absolute Gasteiger partial charge is 0.211 e. The van der Waals surface area contributed by atoms with Crippen LogP contribution in [0.15, 0.2) is 48.5 Å². The second-order valence-corrected chi connectivity index (χ2v) is 7.47. The van der Waals surface area contributed by atoms with Crippen LogP contribution in [0.25, 0.3) is 0 Å². The summed E-state index contributed by atoms with van der Waals surface area (Å²) in [4.78, 5) is 0. The summed E-state index contributed by atoms with van der Waals surface area (Å²) in [5.74, 6) is 0.908. The molecule has 0 bridgehead atoms. The van der Waals surface area contributed by atoms with Gasteiger partial charge in [-0.25, -0.2) is 13.1 Å². The molecule has 124 valence electrons. The first-order chi connectivity index (χ1) is 11.0. The fourth-order valence-corrected chi connectivity index (χ4v) is 3.28. The van der Waals surface area contributed by atoms with Gasteiger partial charge in [0.1, 0.15) is 5.75 Å². The van der Waals surface area contributed by atoms with E-state index < -0.39 is 10.0 Å². The highest BCUT2D eigenvalue weighted by atomic mass is 32.2. The molecule has 0 unspecified atom stereocenters. The van der Waals surface area contributed by atoms with E-state index in [0.717, 1.165) is 16.9 Å². The first-order valence-corrected chi connectivity index (χ1v) is 9.29. The van der Waals surface area contributed by atoms with Gasteiger partial charge in [-0.3, -0.25) is 0 Å². The summed E-state index contributed by atoms with van der Waals surface area (Å²) in [5.41, 5.74) is 3.29. The Morgan fingerprint density at radius 3 is 2.09 bits per heavy atom. The van der Waals surface area contributed by atoms with Crippen molar-refractivity contribution in [3.8, 4) is 5.75 Å². The molecule has 2 aromatic rings. The SMILES string of the molecule is COc1ccc(CCNS(=O)(=O)CCc2ccc(C)cc2)cc1. The minimum Gasteiger partial charge on any atom is -0.497 e. The molecule has 5 heteroatoms. The van der Waals surface area contributed by atoms with Crippen LogP contribution in [0, 0.1) is 6.92 Å². The van der Waals surface area contributed by atoms with Crippen LogP contribution in [-0.4, -0.2) is 27.8 Å². The van der Waals surface area contributed by atoms with Gasteiger partial charge in [-0.05, 0) is 43.0 Å². The summed E-state index contributed by atoms with van der Waals surface area (Å²) in [6.45, 7) is 2.42. The van der Waals surface area contributed by atoms with Crippen LogP contribution >= 0.6 is 0 Å². The maximum Gasteiger partial charge on any atom is 0.211 e. The van der Waals surface area contributed by atoms with Gasteiger partial charge in [-0.15, -0.1) is 0 Å². The van der Waals surface area contributed by atoms with Crippen LogP contribution in [-0.2, 0) is 22.9 Å². The van der Waals surface area contributed by atoms with E-state index in [9.17, 15) is 8.42 Å². The molecule has 1 N–H and O–H groups in total. The summed E-state index contributed by atoms with van der Waals surface area (Å²) < 4.78 is 31.8. The predicted molar refractivity (Wildman–Crippen MR) is 93.4 cm³/mol. The van der Waals surface area contributed by atoms with Crippen LogP contribution in [0.2, 0.25) is 0 Å². The Bertz CT molecular complexity index is 707. The number of sulfonamides is 1. The monoisotopic (exact) mass is 333 g/mol. The van der Waals surface area contributed by atoms with E-state index in [1.165, 1.54) is 5.56 Å². The highest BCUT2D eigenvalue weighted by Gasteiger charge is 2.09. The van der Waals surface area contributed by atoms with Crippen LogP contribution in [0.5, 0.6) is 5.75 Å². The Hall–Kier alpha value is -1.85. The zero-order chi connectivity index (χ0) is 16.7. The van der Waals surface area contributed by atoms with Gasteiger partial charge < -0.3 is 4.74 Å². The van der Waals surface area contributed by atoms with E-state index in [-0.39, 0.29) is 5.75 Å². The van der Waals surface area contributed by atoms with E-state index >= 15 is 0 Å². The van der Waals surface area contributed by atoms with E-state index in [0.29, 0.717) is 19.4 Å². The Kier molecular flexibility index (Phi) is 6.19. The lowest BCUT2D eigenvalue weighted by atomic mass is 10.1. The summed E-state index contributed by atoms with van der Waals surface area (Å²) in [5, 5.41) is 0. The van der Waals surface area contributed by atoms with Gasteiger partial charge in [0.25, 0.3) is 0 Å². The van der Waals surface area contributed by atoms with Crippen molar-refractivity contribution >= 4 is 10.0 Å².